The van der Waals surface area contributed by atoms with Crippen molar-refractivity contribution in [2.24, 2.45) is 5.16 Å². The van der Waals surface area contributed by atoms with E-state index in [1.165, 1.54) is 11.8 Å². The Kier molecular flexibility index (Phi) is 5.83. The summed E-state index contributed by atoms with van der Waals surface area (Å²) in [6, 6.07) is 11.8. The van der Waals surface area contributed by atoms with Crippen LogP contribution in [0, 0.1) is 6.92 Å². The summed E-state index contributed by atoms with van der Waals surface area (Å²) >= 11 is 3.47. The van der Waals surface area contributed by atoms with Gasteiger partial charge in [0, 0.05) is 5.56 Å². The first-order valence-corrected chi connectivity index (χ1v) is 7.75. The number of ether oxygens (including phenoxy) is 2. The van der Waals surface area contributed by atoms with E-state index < -0.39 is 0 Å². The fraction of sp³-hybridized carbons (Fsp3) is 0.235. The fourth-order valence-corrected chi connectivity index (χ4v) is 2.55. The average molecular weight is 364 g/mol. The molecule has 2 aromatic rings. The molecule has 2 aromatic carbocycles. The monoisotopic (exact) mass is 363 g/mol. The summed E-state index contributed by atoms with van der Waals surface area (Å²) in [5.74, 6) is 1.25. The highest BCUT2D eigenvalue weighted by atomic mass is 79.9. The Morgan fingerprint density at radius 2 is 1.91 bits per heavy atom. The number of hydrogen-bond donors (Lipinski definition) is 1. The number of nitrogens with zero attached hydrogens (tertiary/aromatic N) is 1. The maximum atomic E-state index is 8.66. The molecule has 0 radical (unpaired) electrons. The summed E-state index contributed by atoms with van der Waals surface area (Å²) in [7, 11) is 0. The molecular weight excluding hydrogens is 346 g/mol. The zero-order chi connectivity index (χ0) is 15.9. The predicted molar refractivity (Wildman–Crippen MR) is 90.2 cm³/mol. The smallest absolute Gasteiger partial charge is 0.175 e. The highest BCUT2D eigenvalue weighted by molar-refractivity contribution is 9.10. The largest absolute Gasteiger partial charge is 0.490 e. The molecule has 0 spiro atoms. The summed E-state index contributed by atoms with van der Waals surface area (Å²) in [6.45, 7) is 4.93. The lowest BCUT2D eigenvalue weighted by Crippen LogP contribution is -2.01. The van der Waals surface area contributed by atoms with E-state index in [1.807, 2.05) is 25.1 Å². The number of hydrogen-bond acceptors (Lipinski definition) is 4. The normalized spacial score (nSPS) is 10.9. The molecule has 2 rings (SSSR count). The van der Waals surface area contributed by atoms with Crippen LogP contribution in [0.1, 0.15) is 23.6 Å². The Morgan fingerprint density at radius 1 is 1.18 bits per heavy atom. The first-order chi connectivity index (χ1) is 10.6. The van der Waals surface area contributed by atoms with Crippen molar-refractivity contribution in [3.05, 3.63) is 57.6 Å². The minimum Gasteiger partial charge on any atom is -0.490 e. The van der Waals surface area contributed by atoms with Crippen LogP contribution in [0.3, 0.4) is 0 Å². The Balaban J connectivity index is 2.22. The van der Waals surface area contributed by atoms with Gasteiger partial charge in [-0.2, -0.15) is 0 Å². The van der Waals surface area contributed by atoms with Crippen LogP contribution in [0.15, 0.2) is 46.0 Å². The summed E-state index contributed by atoms with van der Waals surface area (Å²) in [4.78, 5) is 0. The van der Waals surface area contributed by atoms with E-state index in [0.717, 1.165) is 15.6 Å². The van der Waals surface area contributed by atoms with Gasteiger partial charge in [0.1, 0.15) is 6.61 Å². The Morgan fingerprint density at radius 3 is 2.55 bits per heavy atom. The first kappa shape index (κ1) is 16.4. The van der Waals surface area contributed by atoms with Gasteiger partial charge >= 0.3 is 0 Å². The Hall–Kier alpha value is -2.01. The molecule has 1 N–H and O–H groups in total. The van der Waals surface area contributed by atoms with Crippen LogP contribution < -0.4 is 9.47 Å². The van der Waals surface area contributed by atoms with Gasteiger partial charge in [0.2, 0.25) is 0 Å². The van der Waals surface area contributed by atoms with Crippen LogP contribution in [0.5, 0.6) is 11.5 Å². The molecule has 0 fully saturated rings. The number of oxime groups is 1. The van der Waals surface area contributed by atoms with Crippen molar-refractivity contribution in [3.8, 4) is 11.5 Å². The number of benzene rings is 2. The molecule has 0 aliphatic rings. The summed E-state index contributed by atoms with van der Waals surface area (Å²) in [6.07, 6.45) is 1.34. The van der Waals surface area contributed by atoms with Crippen molar-refractivity contribution < 1.29 is 14.7 Å². The van der Waals surface area contributed by atoms with E-state index in [9.17, 15) is 0 Å². The minimum atomic E-state index is 0.451. The number of aryl methyl sites for hydroxylation is 1. The van der Waals surface area contributed by atoms with Crippen molar-refractivity contribution in [1.29, 1.82) is 0 Å². The molecule has 0 aliphatic carbocycles. The van der Waals surface area contributed by atoms with Crippen LogP contribution in [0.25, 0.3) is 0 Å². The lowest BCUT2D eigenvalue weighted by molar-refractivity contribution is 0.267. The van der Waals surface area contributed by atoms with Gasteiger partial charge in [-0.1, -0.05) is 35.0 Å². The molecule has 116 valence electrons. The van der Waals surface area contributed by atoms with Crippen LogP contribution in [-0.2, 0) is 6.61 Å². The molecule has 0 saturated carbocycles. The van der Waals surface area contributed by atoms with Gasteiger partial charge in [-0.3, -0.25) is 0 Å². The molecule has 0 aliphatic heterocycles. The average Bonchev–Trinajstić information content (AvgIpc) is 2.49. The molecule has 0 heterocycles. The topological polar surface area (TPSA) is 51.0 Å². The highest BCUT2D eigenvalue weighted by Gasteiger charge is 2.12. The molecule has 0 aromatic heterocycles. The molecule has 22 heavy (non-hydrogen) atoms. The highest BCUT2D eigenvalue weighted by Crippen LogP contribution is 2.37. The standard InChI is InChI=1S/C17H18BrNO3/c1-3-21-16-9-14(10-19-20)8-15(18)17(16)22-11-13-6-4-12(2)5-7-13/h4-10,20H,3,11H2,1-2H3/b19-10+. The van der Waals surface area contributed by atoms with Crippen molar-refractivity contribution >= 4 is 22.1 Å². The van der Waals surface area contributed by atoms with Crippen LogP contribution in [0.4, 0.5) is 0 Å². The molecule has 0 atom stereocenters. The van der Waals surface area contributed by atoms with Crippen molar-refractivity contribution in [1.82, 2.24) is 0 Å². The first-order valence-electron chi connectivity index (χ1n) is 6.96. The van der Waals surface area contributed by atoms with Crippen molar-refractivity contribution in [2.75, 3.05) is 6.61 Å². The minimum absolute atomic E-state index is 0.451. The van der Waals surface area contributed by atoms with E-state index in [2.05, 4.69) is 40.1 Å². The van der Waals surface area contributed by atoms with Gasteiger partial charge in [-0.25, -0.2) is 0 Å². The zero-order valence-corrected chi connectivity index (χ0v) is 14.1. The molecule has 0 amide bonds. The van der Waals surface area contributed by atoms with E-state index >= 15 is 0 Å². The molecule has 0 saturated heterocycles. The molecule has 5 heteroatoms. The quantitative estimate of drug-likeness (QED) is 0.465. The van der Waals surface area contributed by atoms with Gasteiger partial charge < -0.3 is 14.7 Å². The molecule has 0 unspecified atom stereocenters. The maximum Gasteiger partial charge on any atom is 0.175 e. The van der Waals surface area contributed by atoms with E-state index in [4.69, 9.17) is 14.7 Å². The van der Waals surface area contributed by atoms with E-state index in [1.54, 1.807) is 6.07 Å². The van der Waals surface area contributed by atoms with Gasteiger partial charge in [0.05, 0.1) is 17.3 Å². The van der Waals surface area contributed by atoms with E-state index in [0.29, 0.717) is 24.7 Å². The lowest BCUT2D eigenvalue weighted by atomic mass is 10.2. The van der Waals surface area contributed by atoms with Crippen molar-refractivity contribution in [3.63, 3.8) is 0 Å². The van der Waals surface area contributed by atoms with Gasteiger partial charge in [-0.05, 0) is 47.5 Å². The summed E-state index contributed by atoms with van der Waals surface area (Å²) in [5, 5.41) is 11.7. The second kappa shape index (κ2) is 7.84. The molecule has 4 nitrogen and oxygen atoms in total. The summed E-state index contributed by atoms with van der Waals surface area (Å²) in [5.41, 5.74) is 3.02. The van der Waals surface area contributed by atoms with Gasteiger partial charge in [0.15, 0.2) is 11.5 Å². The maximum absolute atomic E-state index is 8.66. The second-order valence-corrected chi connectivity index (χ2v) is 5.64. The fourth-order valence-electron chi connectivity index (χ4n) is 1.97. The lowest BCUT2D eigenvalue weighted by Gasteiger charge is -2.14. The second-order valence-electron chi connectivity index (χ2n) is 4.78. The third-order valence-electron chi connectivity index (χ3n) is 3.04. The number of halogens is 1. The number of rotatable bonds is 6. The van der Waals surface area contributed by atoms with E-state index in [-0.39, 0.29) is 0 Å². The zero-order valence-electron chi connectivity index (χ0n) is 12.5. The SMILES string of the molecule is CCOc1cc(/C=N/O)cc(Br)c1OCc1ccc(C)cc1. The third kappa shape index (κ3) is 4.24. The van der Waals surface area contributed by atoms with Gasteiger partial charge in [0.25, 0.3) is 0 Å². The molecular formula is C17H18BrNO3. The molecule has 0 bridgehead atoms. The van der Waals surface area contributed by atoms with Crippen LogP contribution >= 0.6 is 15.9 Å². The van der Waals surface area contributed by atoms with Gasteiger partial charge in [-0.15, -0.1) is 0 Å². The summed E-state index contributed by atoms with van der Waals surface area (Å²) < 4.78 is 12.3. The predicted octanol–water partition coefficient (Wildman–Crippen LogP) is 4.54. The Bertz CT molecular complexity index is 654. The Labute approximate surface area is 138 Å². The van der Waals surface area contributed by atoms with Crippen molar-refractivity contribution in [2.45, 2.75) is 20.5 Å². The third-order valence-corrected chi connectivity index (χ3v) is 3.63. The van der Waals surface area contributed by atoms with Crippen LogP contribution in [-0.4, -0.2) is 18.0 Å². The van der Waals surface area contributed by atoms with Crippen LogP contribution in [0.2, 0.25) is 0 Å².